The van der Waals surface area contributed by atoms with Crippen LogP contribution >= 0.6 is 15.9 Å². The molecule has 1 N–H and O–H groups in total. The van der Waals surface area contributed by atoms with Gasteiger partial charge in [-0.05, 0) is 18.2 Å². The minimum Gasteiger partial charge on any atom is -0.338 e. The third-order valence-corrected chi connectivity index (χ3v) is 4.03. The molecule has 2 heterocycles. The minimum atomic E-state index is -2.61. The number of piperazine rings is 1. The molecule has 0 aliphatic carbocycles. The molecule has 22 heavy (non-hydrogen) atoms. The van der Waals surface area contributed by atoms with Crippen molar-refractivity contribution in [2.45, 2.75) is 6.43 Å². The van der Waals surface area contributed by atoms with E-state index in [4.69, 9.17) is 0 Å². The van der Waals surface area contributed by atoms with Gasteiger partial charge in [-0.25, -0.2) is 18.7 Å². The number of hydrogen-bond acceptors (Lipinski definition) is 4. The first-order valence-corrected chi connectivity index (χ1v) is 7.81. The molecule has 0 amide bonds. The van der Waals surface area contributed by atoms with Gasteiger partial charge in [0.05, 0.1) is 5.69 Å². The highest BCUT2D eigenvalue weighted by molar-refractivity contribution is 9.10. The zero-order valence-electron chi connectivity index (χ0n) is 11.8. The van der Waals surface area contributed by atoms with Crippen molar-refractivity contribution in [3.63, 3.8) is 0 Å². The number of alkyl halides is 2. The molecule has 4 nitrogen and oxygen atoms in total. The molecule has 1 aromatic heterocycles. The summed E-state index contributed by atoms with van der Waals surface area (Å²) in [7, 11) is 0. The summed E-state index contributed by atoms with van der Waals surface area (Å²) in [5.74, 6) is 0.372. The van der Waals surface area contributed by atoms with Crippen LogP contribution in [0.3, 0.4) is 0 Å². The summed E-state index contributed by atoms with van der Waals surface area (Å²) in [5, 5.41) is 3.22. The summed E-state index contributed by atoms with van der Waals surface area (Å²) in [4.78, 5) is 10.4. The average molecular weight is 369 g/mol. The Morgan fingerprint density at radius 1 is 1.09 bits per heavy atom. The highest BCUT2D eigenvalue weighted by Crippen LogP contribution is 2.26. The summed E-state index contributed by atoms with van der Waals surface area (Å²) in [5.41, 5.74) is 1.08. The quantitative estimate of drug-likeness (QED) is 0.902. The molecule has 116 valence electrons. The maximum Gasteiger partial charge on any atom is 0.280 e. The van der Waals surface area contributed by atoms with Crippen LogP contribution in [-0.4, -0.2) is 36.1 Å². The van der Waals surface area contributed by atoms with E-state index < -0.39 is 6.43 Å². The number of benzene rings is 1. The molecule has 0 unspecified atom stereocenters. The Hall–Kier alpha value is -1.60. The molecule has 0 atom stereocenters. The van der Waals surface area contributed by atoms with Gasteiger partial charge in [-0.1, -0.05) is 28.1 Å². The lowest BCUT2D eigenvalue weighted by Crippen LogP contribution is -2.44. The number of rotatable bonds is 3. The first-order chi connectivity index (χ1) is 10.6. The first kappa shape index (κ1) is 15.3. The van der Waals surface area contributed by atoms with E-state index in [0.29, 0.717) is 24.7 Å². The Kier molecular flexibility index (Phi) is 4.63. The molecule has 0 spiro atoms. The molecule has 1 aliphatic heterocycles. The number of hydrogen-bond donors (Lipinski definition) is 1. The lowest BCUT2D eigenvalue weighted by molar-refractivity contribution is 0.146. The smallest absolute Gasteiger partial charge is 0.280 e. The highest BCUT2D eigenvalue weighted by Gasteiger charge is 2.19. The van der Waals surface area contributed by atoms with Gasteiger partial charge < -0.3 is 10.2 Å². The van der Waals surface area contributed by atoms with E-state index in [2.05, 4.69) is 31.2 Å². The van der Waals surface area contributed by atoms with Crippen LogP contribution in [0.4, 0.5) is 14.7 Å². The summed E-state index contributed by atoms with van der Waals surface area (Å²) >= 11 is 3.36. The molecule has 1 fully saturated rings. The monoisotopic (exact) mass is 368 g/mol. The fourth-order valence-electron chi connectivity index (χ4n) is 2.34. The molecule has 0 saturated carbocycles. The second-order valence-corrected chi connectivity index (χ2v) is 5.94. The minimum absolute atomic E-state index is 0.235. The van der Waals surface area contributed by atoms with Crippen molar-refractivity contribution >= 4 is 21.9 Å². The van der Waals surface area contributed by atoms with Crippen LogP contribution in [0.1, 0.15) is 12.1 Å². The summed E-state index contributed by atoms with van der Waals surface area (Å²) in [6.07, 6.45) is -2.61. The van der Waals surface area contributed by atoms with Gasteiger partial charge in [0.1, 0.15) is 5.69 Å². The zero-order valence-corrected chi connectivity index (χ0v) is 13.4. The van der Waals surface area contributed by atoms with Crippen molar-refractivity contribution in [2.75, 3.05) is 31.1 Å². The van der Waals surface area contributed by atoms with Crippen LogP contribution < -0.4 is 10.2 Å². The van der Waals surface area contributed by atoms with Crippen molar-refractivity contribution in [3.05, 3.63) is 40.5 Å². The van der Waals surface area contributed by atoms with Crippen LogP contribution in [0.15, 0.2) is 34.8 Å². The Labute approximate surface area is 135 Å². The molecular formula is C15H15BrF2N4. The van der Waals surface area contributed by atoms with E-state index in [0.717, 1.165) is 23.1 Å². The van der Waals surface area contributed by atoms with E-state index in [-0.39, 0.29) is 5.69 Å². The first-order valence-electron chi connectivity index (χ1n) is 7.02. The van der Waals surface area contributed by atoms with Gasteiger partial charge in [0.25, 0.3) is 6.43 Å². The second-order valence-electron chi connectivity index (χ2n) is 5.02. The summed E-state index contributed by atoms with van der Waals surface area (Å²) in [6.45, 7) is 3.03. The van der Waals surface area contributed by atoms with E-state index >= 15 is 0 Å². The summed E-state index contributed by atoms with van der Waals surface area (Å²) < 4.78 is 27.2. The molecular weight excluding hydrogens is 354 g/mol. The van der Waals surface area contributed by atoms with Gasteiger partial charge in [-0.2, -0.15) is 0 Å². The third kappa shape index (κ3) is 3.41. The lowest BCUT2D eigenvalue weighted by Gasteiger charge is -2.28. The highest BCUT2D eigenvalue weighted by atomic mass is 79.9. The Morgan fingerprint density at radius 3 is 2.41 bits per heavy atom. The molecule has 1 aromatic carbocycles. The topological polar surface area (TPSA) is 41.1 Å². The Balaban J connectivity index is 2.01. The van der Waals surface area contributed by atoms with Gasteiger partial charge in [0, 0.05) is 36.2 Å². The van der Waals surface area contributed by atoms with Gasteiger partial charge in [-0.15, -0.1) is 0 Å². The summed E-state index contributed by atoms with van der Waals surface area (Å²) in [6, 6.07) is 8.79. The molecule has 0 radical (unpaired) electrons. The Bertz CT molecular complexity index is 642. The largest absolute Gasteiger partial charge is 0.338 e. The van der Waals surface area contributed by atoms with Gasteiger partial charge >= 0.3 is 0 Å². The fourth-order valence-corrected chi connectivity index (χ4v) is 2.60. The van der Waals surface area contributed by atoms with Crippen molar-refractivity contribution < 1.29 is 8.78 Å². The second kappa shape index (κ2) is 6.66. The van der Waals surface area contributed by atoms with Crippen molar-refractivity contribution in [2.24, 2.45) is 0 Å². The van der Waals surface area contributed by atoms with Gasteiger partial charge in [0.2, 0.25) is 5.95 Å². The van der Waals surface area contributed by atoms with Crippen LogP contribution in [0, 0.1) is 0 Å². The van der Waals surface area contributed by atoms with E-state index in [1.807, 2.05) is 29.2 Å². The van der Waals surface area contributed by atoms with Crippen LogP contribution in [0.5, 0.6) is 0 Å². The van der Waals surface area contributed by atoms with E-state index in [1.54, 1.807) is 0 Å². The van der Waals surface area contributed by atoms with E-state index in [1.165, 1.54) is 6.07 Å². The maximum atomic E-state index is 13.1. The van der Waals surface area contributed by atoms with Crippen LogP contribution in [0.2, 0.25) is 0 Å². The molecule has 1 aliphatic rings. The van der Waals surface area contributed by atoms with Crippen molar-refractivity contribution in [1.82, 2.24) is 15.3 Å². The zero-order chi connectivity index (χ0) is 15.5. The molecule has 7 heteroatoms. The predicted molar refractivity (Wildman–Crippen MR) is 85.2 cm³/mol. The molecule has 2 aromatic rings. The Morgan fingerprint density at radius 2 is 1.77 bits per heavy atom. The molecule has 1 saturated heterocycles. The van der Waals surface area contributed by atoms with Crippen LogP contribution in [-0.2, 0) is 0 Å². The number of anilines is 1. The lowest BCUT2D eigenvalue weighted by atomic mass is 10.1. The average Bonchev–Trinajstić information content (AvgIpc) is 2.56. The third-order valence-electron chi connectivity index (χ3n) is 3.50. The number of halogens is 3. The normalized spacial score (nSPS) is 15.4. The van der Waals surface area contributed by atoms with Crippen molar-refractivity contribution in [1.29, 1.82) is 0 Å². The maximum absolute atomic E-state index is 13.1. The molecule has 0 bridgehead atoms. The van der Waals surface area contributed by atoms with E-state index in [9.17, 15) is 8.78 Å². The van der Waals surface area contributed by atoms with Gasteiger partial charge in [0.15, 0.2) is 0 Å². The van der Waals surface area contributed by atoms with Crippen LogP contribution in [0.25, 0.3) is 11.3 Å². The number of nitrogens with one attached hydrogen (secondary N) is 1. The number of nitrogens with zero attached hydrogens (tertiary/aromatic N) is 3. The molecule has 3 rings (SSSR count). The van der Waals surface area contributed by atoms with Gasteiger partial charge in [-0.3, -0.25) is 0 Å². The van der Waals surface area contributed by atoms with Crippen molar-refractivity contribution in [3.8, 4) is 11.3 Å². The predicted octanol–water partition coefficient (Wildman–Crippen LogP) is 3.25. The SMILES string of the molecule is FC(F)c1cc(-c2ccc(Br)cc2)nc(N2CCNCC2)n1. The fraction of sp³-hybridized carbons (Fsp3) is 0.333. The number of aromatic nitrogens is 2. The standard InChI is InChI=1S/C15H15BrF2N4/c16-11-3-1-10(2-4-11)12-9-13(14(17)18)21-15(20-12)22-7-5-19-6-8-22/h1-4,9,14,19H,5-8H2.